The maximum Gasteiger partial charge on any atom is 0.346 e. The molecule has 1 aromatic heterocycles. The van der Waals surface area contributed by atoms with E-state index in [1.165, 1.54) is 31.5 Å². The van der Waals surface area contributed by atoms with Crippen molar-refractivity contribution < 1.29 is 28.5 Å². The van der Waals surface area contributed by atoms with Gasteiger partial charge in [0.2, 0.25) is 12.7 Å². The van der Waals surface area contributed by atoms with Gasteiger partial charge in [-0.1, -0.05) is 11.8 Å². The smallest absolute Gasteiger partial charge is 0.346 e. The lowest BCUT2D eigenvalue weighted by Crippen LogP contribution is -2.15. The first-order chi connectivity index (χ1) is 16.1. The minimum Gasteiger partial charge on any atom is -0.493 e. The Morgan fingerprint density at radius 3 is 2.82 bits per heavy atom. The largest absolute Gasteiger partial charge is 0.493 e. The van der Waals surface area contributed by atoms with E-state index in [1.54, 1.807) is 30.3 Å². The highest BCUT2D eigenvalue weighted by molar-refractivity contribution is 8.00. The van der Waals surface area contributed by atoms with Crippen molar-refractivity contribution in [2.24, 2.45) is 0 Å². The monoisotopic (exact) mass is 463 g/mol. The molecule has 1 N–H and O–H groups in total. The fraction of sp³-hybridized carbons (Fsp3) is 0.130. The maximum atomic E-state index is 12.8. The Morgan fingerprint density at radius 2 is 2.00 bits per heavy atom. The van der Waals surface area contributed by atoms with E-state index in [4.69, 9.17) is 24.2 Å². The van der Waals surface area contributed by atoms with E-state index in [2.05, 4.69) is 10.3 Å². The van der Waals surface area contributed by atoms with E-state index in [-0.39, 0.29) is 35.5 Å². The van der Waals surface area contributed by atoms with Crippen molar-refractivity contribution in [1.82, 2.24) is 4.98 Å². The molecule has 9 nitrogen and oxygen atoms in total. The molecule has 0 fully saturated rings. The summed E-state index contributed by atoms with van der Waals surface area (Å²) in [5, 5.41) is 12.1. The number of thioether (sulfide) groups is 1. The van der Waals surface area contributed by atoms with E-state index >= 15 is 0 Å². The van der Waals surface area contributed by atoms with Crippen LogP contribution in [0.4, 0.5) is 5.69 Å². The van der Waals surface area contributed by atoms with Gasteiger partial charge < -0.3 is 24.3 Å². The van der Waals surface area contributed by atoms with Crippen molar-refractivity contribution in [2.45, 2.75) is 5.03 Å². The fourth-order valence-electron chi connectivity index (χ4n) is 2.94. The highest BCUT2D eigenvalue weighted by Crippen LogP contribution is 2.34. The van der Waals surface area contributed by atoms with Crippen LogP contribution < -0.4 is 24.3 Å². The number of fused-ring (bicyclic) bond motifs is 1. The molecule has 1 aliphatic heterocycles. The van der Waals surface area contributed by atoms with E-state index in [1.807, 2.05) is 6.07 Å². The SMILES string of the molecule is COc1cc(C#N)ccc1OC(=O)c1cccnc1SCC(=O)Nc1ccc2c(c1)OCO2. The second-order valence-corrected chi connectivity index (χ2v) is 7.59. The zero-order chi connectivity index (χ0) is 23.2. The summed E-state index contributed by atoms with van der Waals surface area (Å²) in [5.41, 5.74) is 1.14. The first-order valence-electron chi connectivity index (χ1n) is 9.65. The lowest BCUT2D eigenvalue weighted by molar-refractivity contribution is -0.113. The van der Waals surface area contributed by atoms with Crippen molar-refractivity contribution in [3.63, 3.8) is 0 Å². The summed E-state index contributed by atoms with van der Waals surface area (Å²) >= 11 is 1.10. The molecule has 0 bridgehead atoms. The first-order valence-corrected chi connectivity index (χ1v) is 10.6. The number of esters is 1. The molecule has 0 saturated carbocycles. The van der Waals surface area contributed by atoms with Crippen LogP contribution in [0.15, 0.2) is 59.8 Å². The van der Waals surface area contributed by atoms with Gasteiger partial charge >= 0.3 is 5.97 Å². The summed E-state index contributed by atoms with van der Waals surface area (Å²) in [7, 11) is 1.41. The highest BCUT2D eigenvalue weighted by atomic mass is 32.2. The minimum absolute atomic E-state index is 0.0198. The summed E-state index contributed by atoms with van der Waals surface area (Å²) in [4.78, 5) is 29.4. The van der Waals surface area contributed by atoms with Gasteiger partial charge in [0.25, 0.3) is 0 Å². The lowest BCUT2D eigenvalue weighted by atomic mass is 10.2. The van der Waals surface area contributed by atoms with Gasteiger partial charge in [-0.05, 0) is 36.4 Å². The van der Waals surface area contributed by atoms with Crippen LogP contribution in [-0.4, -0.2) is 36.5 Å². The van der Waals surface area contributed by atoms with Gasteiger partial charge in [-0.3, -0.25) is 4.79 Å². The van der Waals surface area contributed by atoms with Crippen LogP contribution in [0, 0.1) is 11.3 Å². The average molecular weight is 463 g/mol. The zero-order valence-electron chi connectivity index (χ0n) is 17.4. The maximum absolute atomic E-state index is 12.8. The Labute approximate surface area is 193 Å². The van der Waals surface area contributed by atoms with Crippen LogP contribution in [0.1, 0.15) is 15.9 Å². The van der Waals surface area contributed by atoms with Gasteiger partial charge in [0, 0.05) is 24.0 Å². The number of rotatable bonds is 7. The van der Waals surface area contributed by atoms with Gasteiger partial charge in [-0.2, -0.15) is 5.26 Å². The van der Waals surface area contributed by atoms with Gasteiger partial charge in [-0.15, -0.1) is 0 Å². The van der Waals surface area contributed by atoms with Crippen molar-refractivity contribution in [1.29, 1.82) is 5.26 Å². The molecule has 3 aromatic rings. The molecule has 0 atom stereocenters. The molecular weight excluding hydrogens is 446 g/mol. The number of pyridine rings is 1. The number of amides is 1. The molecule has 4 rings (SSSR count). The van der Waals surface area contributed by atoms with Gasteiger partial charge in [0.05, 0.1) is 30.1 Å². The van der Waals surface area contributed by atoms with Crippen LogP contribution in [0.5, 0.6) is 23.0 Å². The highest BCUT2D eigenvalue weighted by Gasteiger charge is 2.19. The Hall–Kier alpha value is -4.23. The van der Waals surface area contributed by atoms with E-state index < -0.39 is 5.97 Å². The third-order valence-electron chi connectivity index (χ3n) is 4.48. The molecule has 33 heavy (non-hydrogen) atoms. The van der Waals surface area contributed by atoms with Crippen LogP contribution in [0.3, 0.4) is 0 Å². The minimum atomic E-state index is -0.662. The number of benzene rings is 2. The number of hydrogen-bond donors (Lipinski definition) is 1. The Kier molecular flexibility index (Phi) is 6.61. The number of methoxy groups -OCH3 is 1. The number of aromatic nitrogens is 1. The number of ether oxygens (including phenoxy) is 4. The van der Waals surface area contributed by atoms with Crippen molar-refractivity contribution >= 4 is 29.3 Å². The second kappa shape index (κ2) is 9.93. The predicted octanol–water partition coefficient (Wildman–Crippen LogP) is 3.64. The molecule has 0 unspecified atom stereocenters. The van der Waals surface area contributed by atoms with Crippen LogP contribution in [0.2, 0.25) is 0 Å². The summed E-state index contributed by atoms with van der Waals surface area (Å²) in [6.07, 6.45) is 1.52. The number of carbonyl (C=O) groups excluding carboxylic acids is 2. The van der Waals surface area contributed by atoms with E-state index in [9.17, 15) is 9.59 Å². The van der Waals surface area contributed by atoms with E-state index in [0.29, 0.717) is 27.8 Å². The summed E-state index contributed by atoms with van der Waals surface area (Å²) in [6.45, 7) is 0.148. The molecule has 10 heteroatoms. The fourth-order valence-corrected chi connectivity index (χ4v) is 3.73. The van der Waals surface area contributed by atoms with E-state index in [0.717, 1.165) is 11.8 Å². The second-order valence-electron chi connectivity index (χ2n) is 6.63. The molecule has 166 valence electrons. The number of nitriles is 1. The van der Waals surface area contributed by atoms with Gasteiger partial charge in [-0.25, -0.2) is 9.78 Å². The Balaban J connectivity index is 1.41. The number of nitrogens with zero attached hydrogens (tertiary/aromatic N) is 2. The quantitative estimate of drug-likeness (QED) is 0.318. The number of nitrogens with one attached hydrogen (secondary N) is 1. The normalized spacial score (nSPS) is 11.4. The molecule has 0 spiro atoms. The Bertz CT molecular complexity index is 1260. The zero-order valence-corrected chi connectivity index (χ0v) is 18.2. The van der Waals surface area contributed by atoms with Crippen molar-refractivity contribution in [3.05, 3.63) is 65.9 Å². The molecule has 0 saturated heterocycles. The molecule has 2 heterocycles. The van der Waals surface area contributed by atoms with Gasteiger partial charge in [0.1, 0.15) is 5.03 Å². The molecule has 1 aliphatic rings. The molecule has 2 aromatic carbocycles. The molecule has 1 amide bonds. The van der Waals surface area contributed by atoms with Crippen molar-refractivity contribution in [2.75, 3.05) is 25.0 Å². The third-order valence-corrected chi connectivity index (χ3v) is 5.49. The topological polar surface area (TPSA) is 120 Å². The molecule has 0 radical (unpaired) electrons. The average Bonchev–Trinajstić information content (AvgIpc) is 3.31. The number of hydrogen-bond acceptors (Lipinski definition) is 9. The molecule has 0 aliphatic carbocycles. The summed E-state index contributed by atoms with van der Waals surface area (Å²) in [5.74, 6) is 0.686. The third kappa shape index (κ3) is 5.16. The number of anilines is 1. The van der Waals surface area contributed by atoms with Gasteiger partial charge in [0.15, 0.2) is 23.0 Å². The van der Waals surface area contributed by atoms with Crippen LogP contribution in [0.25, 0.3) is 0 Å². The summed E-state index contributed by atoms with van der Waals surface area (Å²) < 4.78 is 21.2. The Morgan fingerprint density at radius 1 is 1.15 bits per heavy atom. The standard InChI is InChI=1S/C23H17N3O6S/c1-29-19-9-14(11-24)4-6-18(19)32-23(28)16-3-2-8-25-22(16)33-12-21(27)26-15-5-7-17-20(10-15)31-13-30-17/h2-10H,12-13H2,1H3,(H,26,27). The predicted molar refractivity (Wildman–Crippen MR) is 119 cm³/mol. The molecular formula is C23H17N3O6S. The lowest BCUT2D eigenvalue weighted by Gasteiger charge is -2.11. The van der Waals surface area contributed by atoms with Crippen LogP contribution >= 0.6 is 11.8 Å². The van der Waals surface area contributed by atoms with Crippen LogP contribution in [-0.2, 0) is 4.79 Å². The van der Waals surface area contributed by atoms with Crippen molar-refractivity contribution in [3.8, 4) is 29.1 Å². The number of carbonyl (C=O) groups is 2. The summed E-state index contributed by atoms with van der Waals surface area (Å²) in [6, 6.07) is 14.7. The first kappa shape index (κ1) is 22.0.